The Balaban J connectivity index is 2.39. The Kier molecular flexibility index (Phi) is 9.96. The molecular formula is C18H30O4S. The molecular weight excluding hydrogens is 312 g/mol. The minimum atomic E-state index is -3.61. The van der Waals surface area contributed by atoms with E-state index in [1.807, 2.05) is 18.2 Å². The van der Waals surface area contributed by atoms with Crippen LogP contribution in [0, 0.1) is 0 Å². The lowest BCUT2D eigenvalue weighted by Gasteiger charge is -2.09. The van der Waals surface area contributed by atoms with Gasteiger partial charge in [-0.3, -0.25) is 0 Å². The first kappa shape index (κ1) is 20.0. The van der Waals surface area contributed by atoms with Gasteiger partial charge in [0.15, 0.2) is 5.75 Å². The molecule has 0 unspecified atom stereocenters. The van der Waals surface area contributed by atoms with Crippen molar-refractivity contribution in [2.24, 2.45) is 0 Å². The molecule has 0 aromatic heterocycles. The summed E-state index contributed by atoms with van der Waals surface area (Å²) in [6.07, 6.45) is 10.1. The Hall–Kier alpha value is -1.07. The molecule has 5 heteroatoms. The third-order valence-electron chi connectivity index (χ3n) is 3.70. The van der Waals surface area contributed by atoms with Gasteiger partial charge in [0.1, 0.15) is 0 Å². The summed E-state index contributed by atoms with van der Waals surface area (Å²) in [4.78, 5) is 5.08. The van der Waals surface area contributed by atoms with Gasteiger partial charge in [-0.15, -0.1) is 0 Å². The van der Waals surface area contributed by atoms with Crippen LogP contribution in [-0.2, 0) is 20.9 Å². The first-order valence-corrected chi connectivity index (χ1v) is 10.3. The number of unbranched alkanes of at least 4 members (excludes halogenated alkanes) is 6. The monoisotopic (exact) mass is 342 g/mol. The third kappa shape index (κ3) is 8.96. The maximum atomic E-state index is 11.6. The van der Waals surface area contributed by atoms with E-state index in [0.717, 1.165) is 18.4 Å². The first-order chi connectivity index (χ1) is 11.1. The van der Waals surface area contributed by atoms with E-state index in [2.05, 4.69) is 11.3 Å². The van der Waals surface area contributed by atoms with Crippen LogP contribution in [0.25, 0.3) is 0 Å². The van der Waals surface area contributed by atoms with E-state index in [1.165, 1.54) is 38.5 Å². The zero-order valence-electron chi connectivity index (χ0n) is 14.4. The van der Waals surface area contributed by atoms with Gasteiger partial charge in [-0.25, -0.2) is 0 Å². The van der Waals surface area contributed by atoms with Gasteiger partial charge in [-0.05, 0) is 30.9 Å². The van der Waals surface area contributed by atoms with Crippen LogP contribution in [0.1, 0.15) is 70.8 Å². The molecule has 0 fully saturated rings. The minimum absolute atomic E-state index is 0.0348. The molecule has 0 aliphatic heterocycles. The zero-order valence-corrected chi connectivity index (χ0v) is 15.2. The normalized spacial score (nSPS) is 11.6. The van der Waals surface area contributed by atoms with Crippen molar-refractivity contribution >= 4 is 10.1 Å². The minimum Gasteiger partial charge on any atom is -0.321 e. The van der Waals surface area contributed by atoms with E-state index in [1.54, 1.807) is 13.0 Å². The molecule has 0 N–H and O–H groups in total. The number of benzene rings is 1. The highest BCUT2D eigenvalue weighted by Crippen LogP contribution is 2.22. The van der Waals surface area contributed by atoms with Gasteiger partial charge in [0.05, 0.1) is 5.75 Å². The summed E-state index contributed by atoms with van der Waals surface area (Å²) in [5, 5.41) is 0. The van der Waals surface area contributed by atoms with Crippen molar-refractivity contribution in [3.63, 3.8) is 0 Å². The van der Waals surface area contributed by atoms with Gasteiger partial charge in [-0.2, -0.15) is 8.42 Å². The Labute approximate surface area is 141 Å². The van der Waals surface area contributed by atoms with Crippen LogP contribution in [-0.4, -0.2) is 14.2 Å². The molecule has 0 amide bonds. The molecule has 0 atom stereocenters. The molecule has 0 spiro atoms. The molecule has 23 heavy (non-hydrogen) atoms. The Morgan fingerprint density at radius 1 is 0.870 bits per heavy atom. The second kappa shape index (κ2) is 11.5. The van der Waals surface area contributed by atoms with Crippen molar-refractivity contribution in [2.75, 3.05) is 5.75 Å². The summed E-state index contributed by atoms with van der Waals surface area (Å²) in [5.41, 5.74) is 0.993. The zero-order chi connectivity index (χ0) is 17.0. The van der Waals surface area contributed by atoms with Crippen LogP contribution >= 0.6 is 0 Å². The first-order valence-electron chi connectivity index (χ1n) is 8.75. The Bertz CT molecular complexity index is 526. The fraction of sp³-hybridized carbons (Fsp3) is 0.667. The number of hydrogen-bond donors (Lipinski definition) is 0. The standard InChI is InChI=1S/C18H30O4S/c1-3-5-6-7-8-9-10-13-17-14-11-12-15-18(17)21-22-23(19,20)16-4-2/h11-12,14-15H,3-10,13,16H2,1-2H3. The van der Waals surface area contributed by atoms with Crippen molar-refractivity contribution in [2.45, 2.75) is 71.6 Å². The van der Waals surface area contributed by atoms with Crippen LogP contribution in [0.5, 0.6) is 5.75 Å². The number of rotatable bonds is 13. The van der Waals surface area contributed by atoms with Crippen LogP contribution in [0.4, 0.5) is 0 Å². The number of para-hydroxylation sites is 1. The fourth-order valence-corrected chi connectivity index (χ4v) is 3.18. The van der Waals surface area contributed by atoms with Crippen LogP contribution in [0.2, 0.25) is 0 Å². The molecule has 0 radical (unpaired) electrons. The molecule has 1 rings (SSSR count). The Morgan fingerprint density at radius 3 is 2.22 bits per heavy atom. The van der Waals surface area contributed by atoms with Crippen molar-refractivity contribution < 1.29 is 17.6 Å². The molecule has 0 bridgehead atoms. The van der Waals surface area contributed by atoms with Gasteiger partial charge in [-0.1, -0.05) is 74.9 Å². The quantitative estimate of drug-likeness (QED) is 0.287. The van der Waals surface area contributed by atoms with Crippen LogP contribution in [0.3, 0.4) is 0 Å². The smallest absolute Gasteiger partial charge is 0.303 e. The second-order valence-corrected chi connectivity index (χ2v) is 7.55. The van der Waals surface area contributed by atoms with E-state index in [4.69, 9.17) is 4.89 Å². The van der Waals surface area contributed by atoms with E-state index in [9.17, 15) is 8.42 Å². The average Bonchev–Trinajstić information content (AvgIpc) is 2.53. The molecule has 1 aromatic rings. The van der Waals surface area contributed by atoms with Gasteiger partial charge in [0.25, 0.3) is 0 Å². The maximum Gasteiger partial charge on any atom is 0.303 e. The van der Waals surface area contributed by atoms with E-state index >= 15 is 0 Å². The molecule has 0 aliphatic rings. The van der Waals surface area contributed by atoms with Crippen molar-refractivity contribution in [1.82, 2.24) is 0 Å². The summed E-state index contributed by atoms with van der Waals surface area (Å²) in [7, 11) is -3.61. The van der Waals surface area contributed by atoms with E-state index < -0.39 is 10.1 Å². The highest BCUT2D eigenvalue weighted by molar-refractivity contribution is 7.86. The maximum absolute atomic E-state index is 11.6. The lowest BCUT2D eigenvalue weighted by molar-refractivity contribution is -0.0933. The van der Waals surface area contributed by atoms with Gasteiger partial charge in [0.2, 0.25) is 0 Å². The highest BCUT2D eigenvalue weighted by Gasteiger charge is 2.13. The molecule has 0 aliphatic carbocycles. The van der Waals surface area contributed by atoms with Crippen molar-refractivity contribution in [3.05, 3.63) is 29.8 Å². The van der Waals surface area contributed by atoms with Gasteiger partial charge in [0, 0.05) is 0 Å². The molecule has 4 nitrogen and oxygen atoms in total. The van der Waals surface area contributed by atoms with Crippen LogP contribution < -0.4 is 4.89 Å². The average molecular weight is 343 g/mol. The predicted octanol–water partition coefficient (Wildman–Crippen LogP) is 5.03. The lowest BCUT2D eigenvalue weighted by atomic mass is 10.0. The molecule has 0 saturated heterocycles. The number of hydrogen-bond acceptors (Lipinski definition) is 4. The van der Waals surface area contributed by atoms with Gasteiger partial charge < -0.3 is 4.89 Å². The highest BCUT2D eigenvalue weighted by atomic mass is 32.2. The van der Waals surface area contributed by atoms with E-state index in [-0.39, 0.29) is 5.75 Å². The van der Waals surface area contributed by atoms with Gasteiger partial charge >= 0.3 is 10.1 Å². The summed E-state index contributed by atoms with van der Waals surface area (Å²) in [5.74, 6) is 0.464. The van der Waals surface area contributed by atoms with Crippen LogP contribution in [0.15, 0.2) is 24.3 Å². The molecule has 0 saturated carbocycles. The van der Waals surface area contributed by atoms with Crippen molar-refractivity contribution in [3.8, 4) is 5.75 Å². The predicted molar refractivity (Wildman–Crippen MR) is 93.9 cm³/mol. The summed E-state index contributed by atoms with van der Waals surface area (Å²) >= 11 is 0. The topological polar surface area (TPSA) is 52.6 Å². The lowest BCUT2D eigenvalue weighted by Crippen LogP contribution is -2.13. The second-order valence-electron chi connectivity index (χ2n) is 5.89. The van der Waals surface area contributed by atoms with Crippen molar-refractivity contribution in [1.29, 1.82) is 0 Å². The van der Waals surface area contributed by atoms with E-state index in [0.29, 0.717) is 12.2 Å². The summed E-state index contributed by atoms with van der Waals surface area (Å²) in [6, 6.07) is 7.46. The molecule has 1 aromatic carbocycles. The summed E-state index contributed by atoms with van der Waals surface area (Å²) < 4.78 is 27.7. The largest absolute Gasteiger partial charge is 0.321 e. The molecule has 0 heterocycles. The molecule has 132 valence electrons. The Morgan fingerprint density at radius 2 is 1.52 bits per heavy atom. The summed E-state index contributed by atoms with van der Waals surface area (Å²) in [6.45, 7) is 4.01. The number of aryl methyl sites for hydroxylation is 1. The fourth-order valence-electron chi connectivity index (χ4n) is 2.44. The third-order valence-corrected chi connectivity index (χ3v) is 4.89. The SMILES string of the molecule is CCCCCCCCCc1ccccc1OOS(=O)(=O)CCC.